The van der Waals surface area contributed by atoms with Crippen LogP contribution in [0.1, 0.15) is 66.3 Å². The van der Waals surface area contributed by atoms with Crippen molar-refractivity contribution in [1.82, 2.24) is 9.97 Å². The number of nitrogen functional groups attached to an aromatic ring is 1. The number of carbonyl (C=O) groups is 1. The van der Waals surface area contributed by atoms with Crippen molar-refractivity contribution in [3.8, 4) is 0 Å². The minimum absolute atomic E-state index is 0.235. The second-order valence-corrected chi connectivity index (χ2v) is 5.11. The molecule has 1 aliphatic rings. The predicted octanol–water partition coefficient (Wildman–Crippen LogP) is 2.59. The Morgan fingerprint density at radius 2 is 1.84 bits per heavy atom. The predicted molar refractivity (Wildman–Crippen MR) is 73.0 cm³/mol. The van der Waals surface area contributed by atoms with E-state index in [9.17, 15) is 4.79 Å². The van der Waals surface area contributed by atoms with Crippen LogP contribution in [-0.4, -0.2) is 23.0 Å². The van der Waals surface area contributed by atoms with Crippen LogP contribution in [0.5, 0.6) is 0 Å². The Morgan fingerprint density at radius 3 is 2.37 bits per heavy atom. The first kappa shape index (κ1) is 13.8. The summed E-state index contributed by atoms with van der Waals surface area (Å²) < 4.78 is 4.70. The summed E-state index contributed by atoms with van der Waals surface area (Å²) in [6, 6.07) is 0. The molecular weight excluding hydrogens is 242 g/mol. The number of carbonyl (C=O) groups excluding carboxylic acids is 1. The zero-order chi connectivity index (χ0) is 13.8. The summed E-state index contributed by atoms with van der Waals surface area (Å²) in [6.45, 7) is 1.78. The smallest absolute Gasteiger partial charge is 0.343 e. The van der Waals surface area contributed by atoms with Crippen LogP contribution in [0.15, 0.2) is 0 Å². The Morgan fingerprint density at radius 1 is 1.21 bits per heavy atom. The van der Waals surface area contributed by atoms with Crippen LogP contribution in [0, 0.1) is 6.92 Å². The summed E-state index contributed by atoms with van der Waals surface area (Å²) in [7, 11) is 1.33. The molecule has 0 unspecified atom stereocenters. The molecule has 1 heterocycles. The fourth-order valence-corrected chi connectivity index (χ4v) is 2.69. The molecule has 0 amide bonds. The third-order valence-electron chi connectivity index (χ3n) is 3.75. The third kappa shape index (κ3) is 3.03. The lowest BCUT2D eigenvalue weighted by Crippen LogP contribution is -2.15. The zero-order valence-electron chi connectivity index (χ0n) is 11.6. The van der Waals surface area contributed by atoms with Crippen molar-refractivity contribution in [3.05, 3.63) is 17.1 Å². The molecule has 0 aromatic carbocycles. The number of anilines is 1. The van der Waals surface area contributed by atoms with Gasteiger partial charge in [-0.15, -0.1) is 0 Å². The van der Waals surface area contributed by atoms with E-state index in [4.69, 9.17) is 10.5 Å². The molecular formula is C14H21N3O2. The number of esters is 1. The van der Waals surface area contributed by atoms with Gasteiger partial charge >= 0.3 is 5.97 Å². The van der Waals surface area contributed by atoms with E-state index in [1.165, 1.54) is 32.8 Å². The summed E-state index contributed by atoms with van der Waals surface area (Å²) in [6.07, 6.45) is 7.21. The molecule has 0 atom stereocenters. The van der Waals surface area contributed by atoms with E-state index in [1.807, 2.05) is 0 Å². The molecule has 0 radical (unpaired) electrons. The molecule has 0 saturated heterocycles. The van der Waals surface area contributed by atoms with Crippen molar-refractivity contribution in [1.29, 1.82) is 0 Å². The fraction of sp³-hybridized carbons (Fsp3) is 0.643. The quantitative estimate of drug-likeness (QED) is 0.655. The van der Waals surface area contributed by atoms with Gasteiger partial charge in [-0.3, -0.25) is 0 Å². The van der Waals surface area contributed by atoms with E-state index in [0.29, 0.717) is 17.2 Å². The van der Waals surface area contributed by atoms with Crippen LogP contribution in [-0.2, 0) is 4.74 Å². The van der Waals surface area contributed by atoms with Crippen molar-refractivity contribution in [2.45, 2.75) is 51.4 Å². The Labute approximate surface area is 113 Å². The molecule has 2 rings (SSSR count). The minimum atomic E-state index is -0.470. The minimum Gasteiger partial charge on any atom is -0.465 e. The number of hydrogen-bond acceptors (Lipinski definition) is 5. The lowest BCUT2D eigenvalue weighted by Gasteiger charge is -2.15. The summed E-state index contributed by atoms with van der Waals surface area (Å²) in [5.74, 6) is 0.917. The van der Waals surface area contributed by atoms with Gasteiger partial charge in [-0.05, 0) is 19.8 Å². The highest BCUT2D eigenvalue weighted by molar-refractivity contribution is 5.95. The molecule has 0 aliphatic heterocycles. The van der Waals surface area contributed by atoms with Gasteiger partial charge in [0.05, 0.1) is 12.8 Å². The largest absolute Gasteiger partial charge is 0.465 e. The number of rotatable bonds is 2. The van der Waals surface area contributed by atoms with E-state index in [1.54, 1.807) is 6.92 Å². The van der Waals surface area contributed by atoms with Crippen LogP contribution in [0.4, 0.5) is 5.82 Å². The maximum Gasteiger partial charge on any atom is 0.343 e. The van der Waals surface area contributed by atoms with E-state index >= 15 is 0 Å². The number of nitrogens with two attached hydrogens (primary N) is 1. The highest BCUT2D eigenvalue weighted by Crippen LogP contribution is 2.30. The van der Waals surface area contributed by atoms with E-state index < -0.39 is 5.97 Å². The highest BCUT2D eigenvalue weighted by Gasteiger charge is 2.22. The molecule has 5 heteroatoms. The number of aryl methyl sites for hydroxylation is 1. The molecule has 19 heavy (non-hydrogen) atoms. The van der Waals surface area contributed by atoms with Gasteiger partial charge in [-0.25, -0.2) is 14.8 Å². The third-order valence-corrected chi connectivity index (χ3v) is 3.75. The Kier molecular flexibility index (Phi) is 4.35. The van der Waals surface area contributed by atoms with Crippen LogP contribution < -0.4 is 5.73 Å². The standard InChI is InChI=1S/C14H21N3O2/c1-9-11(14(18)19-2)12(15)17-13(16-9)10-7-5-3-4-6-8-10/h10H,3-8H2,1-2H3,(H2,15,16,17). The van der Waals surface area contributed by atoms with Crippen LogP contribution in [0.25, 0.3) is 0 Å². The van der Waals surface area contributed by atoms with Crippen molar-refractivity contribution in [2.75, 3.05) is 12.8 Å². The average molecular weight is 263 g/mol. The lowest BCUT2D eigenvalue weighted by atomic mass is 9.99. The second kappa shape index (κ2) is 5.99. The first-order chi connectivity index (χ1) is 9.13. The average Bonchev–Trinajstić information content (AvgIpc) is 2.66. The van der Waals surface area contributed by atoms with Crippen molar-refractivity contribution < 1.29 is 9.53 Å². The van der Waals surface area contributed by atoms with Gasteiger partial charge in [-0.2, -0.15) is 0 Å². The van der Waals surface area contributed by atoms with Gasteiger partial charge in [0.1, 0.15) is 17.2 Å². The zero-order valence-corrected chi connectivity index (χ0v) is 11.6. The molecule has 1 aromatic rings. The van der Waals surface area contributed by atoms with Crippen molar-refractivity contribution in [3.63, 3.8) is 0 Å². The topological polar surface area (TPSA) is 78.1 Å². The van der Waals surface area contributed by atoms with Crippen molar-refractivity contribution >= 4 is 11.8 Å². The molecule has 0 bridgehead atoms. The number of hydrogen-bond donors (Lipinski definition) is 1. The number of methoxy groups -OCH3 is 1. The summed E-state index contributed by atoms with van der Waals surface area (Å²) >= 11 is 0. The first-order valence-corrected chi connectivity index (χ1v) is 6.85. The summed E-state index contributed by atoms with van der Waals surface area (Å²) in [5, 5.41) is 0. The second-order valence-electron chi connectivity index (χ2n) is 5.11. The molecule has 0 spiro atoms. The molecule has 104 valence electrons. The first-order valence-electron chi connectivity index (χ1n) is 6.85. The maximum absolute atomic E-state index is 11.6. The van der Waals surface area contributed by atoms with Crippen LogP contribution in [0.3, 0.4) is 0 Å². The molecule has 1 fully saturated rings. The number of ether oxygens (including phenoxy) is 1. The Bertz CT molecular complexity index is 443. The Hall–Kier alpha value is -1.65. The summed E-state index contributed by atoms with van der Waals surface area (Å²) in [5.41, 5.74) is 6.79. The van der Waals surface area contributed by atoms with Gasteiger partial charge in [0.2, 0.25) is 0 Å². The van der Waals surface area contributed by atoms with Gasteiger partial charge in [0.15, 0.2) is 0 Å². The van der Waals surface area contributed by atoms with E-state index in [-0.39, 0.29) is 5.82 Å². The molecule has 5 nitrogen and oxygen atoms in total. The number of aromatic nitrogens is 2. The fourth-order valence-electron chi connectivity index (χ4n) is 2.69. The van der Waals surface area contributed by atoms with Gasteiger partial charge in [0, 0.05) is 5.92 Å². The van der Waals surface area contributed by atoms with Gasteiger partial charge in [0.25, 0.3) is 0 Å². The monoisotopic (exact) mass is 263 g/mol. The normalized spacial score (nSPS) is 16.9. The SMILES string of the molecule is COC(=O)c1c(C)nc(C2CCCCCC2)nc1N. The number of nitrogens with zero attached hydrogens (tertiary/aromatic N) is 2. The lowest BCUT2D eigenvalue weighted by molar-refractivity contribution is 0.0600. The van der Waals surface area contributed by atoms with E-state index in [0.717, 1.165) is 18.7 Å². The highest BCUT2D eigenvalue weighted by atomic mass is 16.5. The van der Waals surface area contributed by atoms with Gasteiger partial charge in [-0.1, -0.05) is 25.7 Å². The molecule has 2 N–H and O–H groups in total. The molecule has 1 saturated carbocycles. The molecule has 1 aromatic heterocycles. The van der Waals surface area contributed by atoms with Crippen LogP contribution >= 0.6 is 0 Å². The maximum atomic E-state index is 11.6. The van der Waals surface area contributed by atoms with Crippen molar-refractivity contribution in [2.24, 2.45) is 0 Å². The van der Waals surface area contributed by atoms with Crippen LogP contribution in [0.2, 0.25) is 0 Å². The summed E-state index contributed by atoms with van der Waals surface area (Å²) in [4.78, 5) is 20.4. The molecule has 1 aliphatic carbocycles. The van der Waals surface area contributed by atoms with E-state index in [2.05, 4.69) is 9.97 Å². The Balaban J connectivity index is 2.30. The van der Waals surface area contributed by atoms with Gasteiger partial charge < -0.3 is 10.5 Å².